The number of sulfonamides is 1. The topological polar surface area (TPSA) is 105 Å². The monoisotopic (exact) mass is 621 g/mol. The third-order valence-electron chi connectivity index (χ3n) is 7.67. The normalized spacial score (nSPS) is 13.9. The molecular weight excluding hydrogens is 578 g/mol. The summed E-state index contributed by atoms with van der Waals surface area (Å²) in [6.07, 6.45) is 2.58. The Kier molecular flexibility index (Phi) is 11.3. The summed E-state index contributed by atoms with van der Waals surface area (Å²) in [5.41, 5.74) is 3.36. The van der Waals surface area contributed by atoms with Crippen LogP contribution < -0.4 is 19.1 Å². The van der Waals surface area contributed by atoms with Gasteiger partial charge in [-0.25, -0.2) is 8.42 Å². The van der Waals surface area contributed by atoms with E-state index in [0.29, 0.717) is 36.8 Å². The lowest BCUT2D eigenvalue weighted by molar-refractivity contribution is -0.141. The van der Waals surface area contributed by atoms with Crippen molar-refractivity contribution in [3.8, 4) is 11.5 Å². The molecule has 2 unspecified atom stereocenters. The number of aryl methyl sites for hydroxylation is 1. The molecule has 0 aromatic heterocycles. The highest BCUT2D eigenvalue weighted by Crippen LogP contribution is 2.35. The third kappa shape index (κ3) is 8.98. The molecule has 2 amide bonds. The minimum atomic E-state index is -3.65. The Balaban J connectivity index is 1.58. The lowest BCUT2D eigenvalue weighted by atomic mass is 10.0. The molecule has 2 atom stereocenters. The maximum absolute atomic E-state index is 14.0. The molecule has 4 rings (SSSR count). The van der Waals surface area contributed by atoms with Crippen molar-refractivity contribution >= 4 is 27.5 Å². The average molecular weight is 622 g/mol. The first-order chi connectivity index (χ1) is 21.0. The quantitative estimate of drug-likeness (QED) is 0.276. The molecule has 236 valence electrons. The zero-order chi connectivity index (χ0) is 31.7. The van der Waals surface area contributed by atoms with Gasteiger partial charge in [0, 0.05) is 38.0 Å². The number of amides is 2. The highest BCUT2D eigenvalue weighted by atomic mass is 32.2. The number of carbonyl (C=O) groups is 2. The first-order valence-electron chi connectivity index (χ1n) is 15.1. The smallest absolute Gasteiger partial charge is 0.243 e. The van der Waals surface area contributed by atoms with Crippen LogP contribution in [0.5, 0.6) is 11.5 Å². The maximum Gasteiger partial charge on any atom is 0.243 e. The molecule has 1 heterocycles. The zero-order valence-corrected chi connectivity index (χ0v) is 26.8. The molecule has 0 radical (unpaired) electrons. The van der Waals surface area contributed by atoms with E-state index in [-0.39, 0.29) is 43.8 Å². The SMILES string of the molecule is CCC(C)NC(=O)C(Cc1ccccc1)N(Cc1cccc(C)c1)C(=O)CCCN(c1ccc2c(c1)OCCO2)S(C)(=O)=O. The van der Waals surface area contributed by atoms with E-state index in [1.807, 2.05) is 75.4 Å². The fourth-order valence-electron chi connectivity index (χ4n) is 5.19. The van der Waals surface area contributed by atoms with Crippen LogP contribution in [-0.2, 0) is 32.6 Å². The number of carbonyl (C=O) groups excluding carboxylic acids is 2. The van der Waals surface area contributed by atoms with Gasteiger partial charge in [-0.2, -0.15) is 0 Å². The van der Waals surface area contributed by atoms with Gasteiger partial charge in [0.15, 0.2) is 11.5 Å². The summed E-state index contributed by atoms with van der Waals surface area (Å²) >= 11 is 0. The van der Waals surface area contributed by atoms with Crippen LogP contribution in [0, 0.1) is 6.92 Å². The number of hydrogen-bond donors (Lipinski definition) is 1. The van der Waals surface area contributed by atoms with Crippen molar-refractivity contribution in [2.45, 2.75) is 65.1 Å². The highest BCUT2D eigenvalue weighted by molar-refractivity contribution is 7.92. The van der Waals surface area contributed by atoms with Gasteiger partial charge < -0.3 is 19.7 Å². The predicted molar refractivity (Wildman–Crippen MR) is 172 cm³/mol. The molecule has 0 aliphatic carbocycles. The van der Waals surface area contributed by atoms with Crippen molar-refractivity contribution in [1.29, 1.82) is 0 Å². The van der Waals surface area contributed by atoms with E-state index in [4.69, 9.17) is 9.47 Å². The Labute approximate surface area is 261 Å². The molecule has 9 nitrogen and oxygen atoms in total. The first kappa shape index (κ1) is 32.9. The molecule has 1 aliphatic heterocycles. The molecule has 0 saturated carbocycles. The maximum atomic E-state index is 14.0. The minimum Gasteiger partial charge on any atom is -0.486 e. The molecule has 1 N–H and O–H groups in total. The minimum absolute atomic E-state index is 0.0500. The molecule has 1 aliphatic rings. The Morgan fingerprint density at radius 3 is 2.32 bits per heavy atom. The van der Waals surface area contributed by atoms with E-state index in [1.54, 1.807) is 23.1 Å². The predicted octanol–water partition coefficient (Wildman–Crippen LogP) is 4.87. The summed E-state index contributed by atoms with van der Waals surface area (Å²) in [6.45, 7) is 7.10. The molecule has 44 heavy (non-hydrogen) atoms. The van der Waals surface area contributed by atoms with Crippen molar-refractivity contribution in [2.24, 2.45) is 0 Å². The second-order valence-corrected chi connectivity index (χ2v) is 13.2. The largest absolute Gasteiger partial charge is 0.486 e. The van der Waals surface area contributed by atoms with Crippen molar-refractivity contribution in [1.82, 2.24) is 10.2 Å². The van der Waals surface area contributed by atoms with E-state index in [1.165, 1.54) is 4.31 Å². The van der Waals surface area contributed by atoms with Gasteiger partial charge in [0.2, 0.25) is 21.8 Å². The Hall–Kier alpha value is -4.05. The number of rotatable bonds is 14. The van der Waals surface area contributed by atoms with E-state index in [0.717, 1.165) is 29.4 Å². The molecule has 10 heteroatoms. The number of nitrogens with one attached hydrogen (secondary N) is 1. The standard InChI is InChI=1S/C34H43N3O6S/c1-5-26(3)35-34(39)30(22-27-12-7-6-8-13-27)36(24-28-14-9-11-25(2)21-28)33(38)15-10-18-37(44(4,40)41)29-16-17-31-32(23-29)43-20-19-42-31/h6-9,11-14,16-17,21,23,26,30H,5,10,15,18-20,22,24H2,1-4H3,(H,35,39). The van der Waals surface area contributed by atoms with Gasteiger partial charge in [0.25, 0.3) is 0 Å². The number of hydrogen-bond acceptors (Lipinski definition) is 6. The van der Waals surface area contributed by atoms with E-state index in [2.05, 4.69) is 5.32 Å². The molecule has 0 spiro atoms. The second kappa shape index (κ2) is 15.1. The van der Waals surface area contributed by atoms with Crippen LogP contribution in [0.4, 0.5) is 5.69 Å². The van der Waals surface area contributed by atoms with Crippen LogP contribution in [0.25, 0.3) is 0 Å². The van der Waals surface area contributed by atoms with Gasteiger partial charge in [0.05, 0.1) is 11.9 Å². The number of fused-ring (bicyclic) bond motifs is 1. The molecule has 3 aromatic rings. The molecule has 0 saturated heterocycles. The summed E-state index contributed by atoms with van der Waals surface area (Å²) in [4.78, 5) is 29.4. The molecular formula is C34H43N3O6S. The number of anilines is 1. The number of ether oxygens (including phenoxy) is 2. The Morgan fingerprint density at radius 2 is 1.64 bits per heavy atom. The molecule has 3 aromatic carbocycles. The molecule has 0 bridgehead atoms. The van der Waals surface area contributed by atoms with Crippen molar-refractivity contribution < 1.29 is 27.5 Å². The van der Waals surface area contributed by atoms with Crippen LogP contribution in [0.2, 0.25) is 0 Å². The van der Waals surface area contributed by atoms with Gasteiger partial charge in [0.1, 0.15) is 19.3 Å². The summed E-state index contributed by atoms with van der Waals surface area (Å²) in [5, 5.41) is 3.08. The lowest BCUT2D eigenvalue weighted by Gasteiger charge is -2.33. The fraction of sp³-hybridized carbons (Fsp3) is 0.412. The number of benzene rings is 3. The summed E-state index contributed by atoms with van der Waals surface area (Å²) < 4.78 is 38.2. The van der Waals surface area contributed by atoms with Gasteiger partial charge in [-0.05, 0) is 49.9 Å². The number of nitrogens with zero attached hydrogens (tertiary/aromatic N) is 2. The third-order valence-corrected chi connectivity index (χ3v) is 8.87. The van der Waals surface area contributed by atoms with E-state index >= 15 is 0 Å². The lowest BCUT2D eigenvalue weighted by Crippen LogP contribution is -2.52. The van der Waals surface area contributed by atoms with Gasteiger partial charge >= 0.3 is 0 Å². The van der Waals surface area contributed by atoms with Gasteiger partial charge in [-0.3, -0.25) is 13.9 Å². The second-order valence-electron chi connectivity index (χ2n) is 11.3. The van der Waals surface area contributed by atoms with Crippen LogP contribution in [-0.4, -0.2) is 63.2 Å². The van der Waals surface area contributed by atoms with Crippen molar-refractivity contribution in [2.75, 3.05) is 30.3 Å². The first-order valence-corrected chi connectivity index (χ1v) is 17.0. The Morgan fingerprint density at radius 1 is 0.932 bits per heavy atom. The average Bonchev–Trinajstić information content (AvgIpc) is 3.00. The van der Waals surface area contributed by atoms with E-state index in [9.17, 15) is 18.0 Å². The summed E-state index contributed by atoms with van der Waals surface area (Å²) in [7, 11) is -3.65. The van der Waals surface area contributed by atoms with Gasteiger partial charge in [-0.15, -0.1) is 0 Å². The van der Waals surface area contributed by atoms with Crippen LogP contribution in [0.1, 0.15) is 49.8 Å². The van der Waals surface area contributed by atoms with E-state index < -0.39 is 16.1 Å². The van der Waals surface area contributed by atoms with Crippen LogP contribution in [0.15, 0.2) is 72.8 Å². The highest BCUT2D eigenvalue weighted by Gasteiger charge is 2.31. The summed E-state index contributed by atoms with van der Waals surface area (Å²) in [5.74, 6) is 0.620. The summed E-state index contributed by atoms with van der Waals surface area (Å²) in [6, 6.07) is 21.8. The van der Waals surface area contributed by atoms with Crippen molar-refractivity contribution in [3.63, 3.8) is 0 Å². The van der Waals surface area contributed by atoms with Crippen LogP contribution in [0.3, 0.4) is 0 Å². The Bertz CT molecular complexity index is 1530. The molecule has 0 fully saturated rings. The fourth-order valence-corrected chi connectivity index (χ4v) is 6.15. The zero-order valence-electron chi connectivity index (χ0n) is 26.0. The van der Waals surface area contributed by atoms with Crippen LogP contribution >= 0.6 is 0 Å². The van der Waals surface area contributed by atoms with Crippen molar-refractivity contribution in [3.05, 3.63) is 89.5 Å². The van der Waals surface area contributed by atoms with Gasteiger partial charge in [-0.1, -0.05) is 67.1 Å².